The summed E-state index contributed by atoms with van der Waals surface area (Å²) in [6.07, 6.45) is -0.0666. The Morgan fingerprint density at radius 2 is 1.80 bits per heavy atom. The number of halogens is 1. The van der Waals surface area contributed by atoms with Gasteiger partial charge in [-0.3, -0.25) is 20.3 Å². The monoisotopic (exact) mass is 491 g/mol. The molecule has 1 unspecified atom stereocenters. The molecular formula is C25H22ClN5O4. The fourth-order valence-electron chi connectivity index (χ4n) is 3.41. The van der Waals surface area contributed by atoms with Gasteiger partial charge in [-0.2, -0.15) is 5.10 Å². The molecule has 0 aliphatic carbocycles. The Hall–Kier alpha value is -4.05. The molecule has 0 bridgehead atoms. The highest BCUT2D eigenvalue weighted by Gasteiger charge is 2.21. The number of hydrogen-bond donors (Lipinski definition) is 4. The highest BCUT2D eigenvalue weighted by Crippen LogP contribution is 2.23. The average Bonchev–Trinajstić information content (AvgIpc) is 3.35. The molecule has 0 aliphatic heterocycles. The number of H-pyrrole nitrogens is 1. The van der Waals surface area contributed by atoms with E-state index < -0.39 is 18.0 Å². The van der Waals surface area contributed by atoms with Crippen LogP contribution in [0.1, 0.15) is 16.1 Å². The van der Waals surface area contributed by atoms with Gasteiger partial charge in [0.05, 0.1) is 12.2 Å². The Morgan fingerprint density at radius 3 is 2.49 bits per heavy atom. The summed E-state index contributed by atoms with van der Waals surface area (Å²) in [5.41, 5.74) is 6.61. The summed E-state index contributed by atoms with van der Waals surface area (Å²) in [5, 5.41) is 27.8. The van der Waals surface area contributed by atoms with Crippen LogP contribution in [0.15, 0.2) is 79.0 Å². The number of carboxylic acid groups (broad SMARTS) is 1. The first-order valence-corrected chi connectivity index (χ1v) is 11.1. The van der Waals surface area contributed by atoms with E-state index >= 15 is 0 Å². The average molecular weight is 492 g/mol. The fourth-order valence-corrected chi connectivity index (χ4v) is 3.61. The lowest BCUT2D eigenvalue weighted by atomic mass is 10.0. The Kier molecular flexibility index (Phi) is 7.51. The van der Waals surface area contributed by atoms with Gasteiger partial charge in [0.25, 0.3) is 5.91 Å². The number of aromatic nitrogens is 3. The molecular weight excluding hydrogens is 470 g/mol. The number of benzene rings is 2. The van der Waals surface area contributed by atoms with Gasteiger partial charge >= 0.3 is 5.97 Å². The molecule has 10 heteroatoms. The van der Waals surface area contributed by atoms with Crippen molar-refractivity contribution in [2.75, 3.05) is 6.54 Å². The minimum atomic E-state index is -1.69. The van der Waals surface area contributed by atoms with Crippen LogP contribution >= 0.6 is 11.6 Å². The van der Waals surface area contributed by atoms with Crippen molar-refractivity contribution >= 4 is 23.5 Å². The van der Waals surface area contributed by atoms with Crippen molar-refractivity contribution in [1.82, 2.24) is 25.6 Å². The molecule has 35 heavy (non-hydrogen) atoms. The molecule has 2 aromatic heterocycles. The number of amides is 1. The Morgan fingerprint density at radius 1 is 1.00 bits per heavy atom. The topological polar surface area (TPSA) is 131 Å². The van der Waals surface area contributed by atoms with E-state index in [4.69, 9.17) is 16.7 Å². The van der Waals surface area contributed by atoms with Crippen molar-refractivity contribution in [3.8, 4) is 22.5 Å². The van der Waals surface area contributed by atoms with Crippen molar-refractivity contribution in [3.63, 3.8) is 0 Å². The summed E-state index contributed by atoms with van der Waals surface area (Å²) in [6.45, 7) is -0.161. The van der Waals surface area contributed by atoms with Crippen LogP contribution in [0.3, 0.4) is 0 Å². The summed E-state index contributed by atoms with van der Waals surface area (Å²) in [7, 11) is 0. The van der Waals surface area contributed by atoms with E-state index in [0.29, 0.717) is 16.4 Å². The number of nitrogens with one attached hydrogen (secondary N) is 2. The van der Waals surface area contributed by atoms with Crippen molar-refractivity contribution in [2.45, 2.75) is 12.6 Å². The molecule has 0 aliphatic rings. The molecule has 4 N–H and O–H groups in total. The predicted molar refractivity (Wildman–Crippen MR) is 130 cm³/mol. The molecule has 1 amide bonds. The number of carbonyl (C=O) groups excluding carboxylic acids is 1. The van der Waals surface area contributed by atoms with Gasteiger partial charge in [-0.1, -0.05) is 54.1 Å². The van der Waals surface area contributed by atoms with Gasteiger partial charge in [0.2, 0.25) is 0 Å². The molecule has 0 saturated carbocycles. The molecule has 2 aromatic carbocycles. The van der Waals surface area contributed by atoms with Gasteiger partial charge < -0.3 is 10.2 Å². The summed E-state index contributed by atoms with van der Waals surface area (Å²) in [5.74, 6) is -1.92. The lowest BCUT2D eigenvalue weighted by Gasteiger charge is -2.24. The smallest absolute Gasteiger partial charge is 0.333 e. The molecule has 0 saturated heterocycles. The summed E-state index contributed by atoms with van der Waals surface area (Å²) in [4.78, 5) is 28.2. The quantitative estimate of drug-likeness (QED) is 0.264. The van der Waals surface area contributed by atoms with Crippen LogP contribution in [-0.2, 0) is 11.3 Å². The van der Waals surface area contributed by atoms with Gasteiger partial charge in [-0.05, 0) is 47.0 Å². The van der Waals surface area contributed by atoms with E-state index in [1.807, 2.05) is 48.5 Å². The number of aliphatic carboxylic acids is 1. The number of aliphatic hydroxyl groups excluding tert-OH is 1. The largest absolute Gasteiger partial charge is 0.479 e. The van der Waals surface area contributed by atoms with E-state index in [1.54, 1.807) is 30.5 Å². The molecule has 9 nitrogen and oxygen atoms in total. The lowest BCUT2D eigenvalue weighted by Crippen LogP contribution is -2.47. The van der Waals surface area contributed by atoms with Gasteiger partial charge in [-0.15, -0.1) is 0 Å². The number of carbonyl (C=O) groups is 2. The van der Waals surface area contributed by atoms with Crippen molar-refractivity contribution in [2.24, 2.45) is 0 Å². The third-order valence-electron chi connectivity index (χ3n) is 5.17. The molecule has 178 valence electrons. The Bertz CT molecular complexity index is 1310. The minimum absolute atomic E-state index is 0.160. The van der Waals surface area contributed by atoms with Crippen LogP contribution in [0.2, 0.25) is 5.02 Å². The maximum atomic E-state index is 12.8. The zero-order valence-electron chi connectivity index (χ0n) is 18.4. The number of rotatable bonds is 9. The van der Waals surface area contributed by atoms with E-state index in [1.165, 1.54) is 5.01 Å². The number of carboxylic acids is 1. The van der Waals surface area contributed by atoms with Gasteiger partial charge in [0.1, 0.15) is 11.4 Å². The maximum Gasteiger partial charge on any atom is 0.333 e. The van der Waals surface area contributed by atoms with Gasteiger partial charge in [0.15, 0.2) is 6.10 Å². The van der Waals surface area contributed by atoms with E-state index in [2.05, 4.69) is 20.6 Å². The standard InChI is InChI=1S/C25H22ClN5O4/c26-19-5-3-4-18(12-19)17-9-7-16(8-10-17)14-31(15-23(32)25(34)35)30-24(33)22-13-21(28-29-22)20-6-1-2-11-27-20/h1-13,23,32H,14-15H2,(H,28,29)(H,30,33)(H,34,35). The highest BCUT2D eigenvalue weighted by atomic mass is 35.5. The van der Waals surface area contributed by atoms with Crippen LogP contribution in [0, 0.1) is 0 Å². The number of aliphatic hydroxyl groups is 1. The predicted octanol–water partition coefficient (Wildman–Crippen LogP) is 3.38. The minimum Gasteiger partial charge on any atom is -0.479 e. The van der Waals surface area contributed by atoms with E-state index in [9.17, 15) is 14.7 Å². The number of pyridine rings is 1. The zero-order valence-corrected chi connectivity index (χ0v) is 19.2. The van der Waals surface area contributed by atoms with Crippen LogP contribution in [0.4, 0.5) is 0 Å². The van der Waals surface area contributed by atoms with E-state index in [0.717, 1.165) is 16.7 Å². The first-order chi connectivity index (χ1) is 16.9. The Balaban J connectivity index is 1.48. The van der Waals surface area contributed by atoms with Crippen molar-refractivity contribution in [1.29, 1.82) is 0 Å². The van der Waals surface area contributed by atoms with Crippen molar-refractivity contribution in [3.05, 3.63) is 95.3 Å². The molecule has 0 radical (unpaired) electrons. The molecule has 2 heterocycles. The zero-order chi connectivity index (χ0) is 24.8. The second-order valence-electron chi connectivity index (χ2n) is 7.76. The molecule has 0 spiro atoms. The number of aromatic amines is 1. The first-order valence-electron chi connectivity index (χ1n) is 10.7. The van der Waals surface area contributed by atoms with Crippen LogP contribution in [0.25, 0.3) is 22.5 Å². The van der Waals surface area contributed by atoms with E-state index in [-0.39, 0.29) is 18.8 Å². The SMILES string of the molecule is O=C(NN(Cc1ccc(-c2cccc(Cl)c2)cc1)CC(O)C(=O)O)c1cc(-c2ccccn2)n[nH]1. The second-order valence-corrected chi connectivity index (χ2v) is 8.20. The van der Waals surface area contributed by atoms with Crippen LogP contribution in [0.5, 0.6) is 0 Å². The maximum absolute atomic E-state index is 12.8. The third kappa shape index (κ3) is 6.30. The lowest BCUT2D eigenvalue weighted by molar-refractivity contribution is -0.148. The van der Waals surface area contributed by atoms with Crippen LogP contribution < -0.4 is 5.43 Å². The number of hydrazine groups is 1. The molecule has 1 atom stereocenters. The number of nitrogens with zero attached hydrogens (tertiary/aromatic N) is 3. The summed E-state index contributed by atoms with van der Waals surface area (Å²) < 4.78 is 0. The highest BCUT2D eigenvalue weighted by molar-refractivity contribution is 6.30. The summed E-state index contributed by atoms with van der Waals surface area (Å²) in [6, 6.07) is 21.9. The molecule has 4 aromatic rings. The molecule has 4 rings (SSSR count). The normalized spacial score (nSPS) is 11.9. The summed E-state index contributed by atoms with van der Waals surface area (Å²) >= 11 is 6.08. The third-order valence-corrected chi connectivity index (χ3v) is 5.41. The van der Waals surface area contributed by atoms with Crippen LogP contribution in [-0.4, -0.2) is 54.9 Å². The Labute approximate surface area is 206 Å². The molecule has 0 fully saturated rings. The van der Waals surface area contributed by atoms with Crippen molar-refractivity contribution < 1.29 is 19.8 Å². The number of hydrogen-bond acceptors (Lipinski definition) is 6. The van der Waals surface area contributed by atoms with Gasteiger partial charge in [0, 0.05) is 17.8 Å². The van der Waals surface area contributed by atoms with Gasteiger partial charge in [-0.25, -0.2) is 9.80 Å². The second kappa shape index (κ2) is 10.9. The fraction of sp³-hybridized carbons (Fsp3) is 0.120. The first kappa shape index (κ1) is 24.1.